The smallest absolute Gasteiger partial charge is 0.133 e. The molecule has 0 aromatic rings. The summed E-state index contributed by atoms with van der Waals surface area (Å²) in [6.45, 7) is 8.42. The first kappa shape index (κ1) is 8.76. The molecular weight excluding hydrogens is 136 g/mol. The van der Waals surface area contributed by atoms with Crippen molar-refractivity contribution < 1.29 is 4.79 Å². The quantitative estimate of drug-likeness (QED) is 0.567. The van der Waals surface area contributed by atoms with Crippen molar-refractivity contribution in [1.82, 2.24) is 0 Å². The van der Waals surface area contributed by atoms with Crippen LogP contribution in [0.3, 0.4) is 0 Å². The maximum Gasteiger partial charge on any atom is 0.133 e. The first-order chi connectivity index (χ1) is 4.96. The van der Waals surface area contributed by atoms with E-state index in [2.05, 4.69) is 20.8 Å². The van der Waals surface area contributed by atoms with Crippen LogP contribution in [0, 0.1) is 17.3 Å². The lowest BCUT2D eigenvalue weighted by Gasteiger charge is -2.29. The van der Waals surface area contributed by atoms with E-state index >= 15 is 0 Å². The highest BCUT2D eigenvalue weighted by Gasteiger charge is 2.42. The maximum atomic E-state index is 11.2. The van der Waals surface area contributed by atoms with Crippen LogP contribution < -0.4 is 0 Å². The first-order valence-corrected chi connectivity index (χ1v) is 4.46. The van der Waals surface area contributed by atoms with Gasteiger partial charge in [-0.15, -0.1) is 0 Å². The fourth-order valence-corrected chi connectivity index (χ4v) is 2.23. The van der Waals surface area contributed by atoms with E-state index in [0.29, 0.717) is 17.6 Å². The van der Waals surface area contributed by atoms with Gasteiger partial charge in [-0.3, -0.25) is 4.79 Å². The van der Waals surface area contributed by atoms with Crippen molar-refractivity contribution in [2.24, 2.45) is 17.3 Å². The Morgan fingerprint density at radius 3 is 2.09 bits per heavy atom. The Bertz CT molecular complexity index is 170. The number of carbonyl (C=O) groups is 1. The zero-order chi connectivity index (χ0) is 8.65. The zero-order valence-corrected chi connectivity index (χ0v) is 7.98. The number of hydrogen-bond donors (Lipinski definition) is 0. The molecule has 1 heteroatoms. The van der Waals surface area contributed by atoms with Crippen LogP contribution in [-0.2, 0) is 4.79 Å². The molecule has 0 aliphatic heterocycles. The molecule has 64 valence electrons. The van der Waals surface area contributed by atoms with E-state index in [4.69, 9.17) is 0 Å². The number of Topliss-reactive ketones (excluding diaryl/α,β-unsaturated/α-hetero) is 1. The summed E-state index contributed by atoms with van der Waals surface area (Å²) in [5.41, 5.74) is 0.242. The Balaban J connectivity index is 2.78. The van der Waals surface area contributed by atoms with Gasteiger partial charge in [-0.1, -0.05) is 20.8 Å². The molecule has 11 heavy (non-hydrogen) atoms. The zero-order valence-electron chi connectivity index (χ0n) is 7.98. The van der Waals surface area contributed by atoms with Crippen molar-refractivity contribution in [3.63, 3.8) is 0 Å². The second-order valence-corrected chi connectivity index (χ2v) is 4.46. The van der Waals surface area contributed by atoms with Crippen LogP contribution in [0.5, 0.6) is 0 Å². The molecule has 0 aromatic heterocycles. The van der Waals surface area contributed by atoms with Gasteiger partial charge >= 0.3 is 0 Å². The predicted octanol–water partition coefficient (Wildman–Crippen LogP) is 2.65. The molecule has 0 saturated heterocycles. The van der Waals surface area contributed by atoms with E-state index in [1.807, 2.05) is 0 Å². The Labute approximate surface area is 69.2 Å². The molecule has 0 spiro atoms. The van der Waals surface area contributed by atoms with Crippen LogP contribution in [0.2, 0.25) is 0 Å². The summed E-state index contributed by atoms with van der Waals surface area (Å²) in [5.74, 6) is 1.40. The average Bonchev–Trinajstić information content (AvgIpc) is 2.08. The van der Waals surface area contributed by atoms with E-state index in [1.165, 1.54) is 6.42 Å². The third-order valence-corrected chi connectivity index (χ3v) is 3.55. The normalized spacial score (nSPS) is 35.6. The van der Waals surface area contributed by atoms with Crippen LogP contribution in [0.25, 0.3) is 0 Å². The van der Waals surface area contributed by atoms with Crippen molar-refractivity contribution in [3.8, 4) is 0 Å². The van der Waals surface area contributed by atoms with Gasteiger partial charge in [0.2, 0.25) is 0 Å². The van der Waals surface area contributed by atoms with Gasteiger partial charge in [0.15, 0.2) is 0 Å². The molecule has 1 aliphatic rings. The third-order valence-electron chi connectivity index (χ3n) is 3.55. The lowest BCUT2D eigenvalue weighted by atomic mass is 9.75. The van der Waals surface area contributed by atoms with Gasteiger partial charge in [-0.25, -0.2) is 0 Å². The minimum atomic E-state index is 0.242. The molecule has 0 heterocycles. The average molecular weight is 154 g/mol. The van der Waals surface area contributed by atoms with E-state index in [1.54, 1.807) is 6.92 Å². The Kier molecular flexibility index (Phi) is 2.08. The second kappa shape index (κ2) is 2.62. The van der Waals surface area contributed by atoms with Gasteiger partial charge in [0, 0.05) is 5.92 Å². The maximum absolute atomic E-state index is 11.2. The van der Waals surface area contributed by atoms with Gasteiger partial charge < -0.3 is 0 Å². The monoisotopic (exact) mass is 154 g/mol. The lowest BCUT2D eigenvalue weighted by Crippen LogP contribution is -2.27. The van der Waals surface area contributed by atoms with Crippen molar-refractivity contribution in [3.05, 3.63) is 0 Å². The largest absolute Gasteiger partial charge is 0.300 e. The highest BCUT2D eigenvalue weighted by molar-refractivity contribution is 5.79. The highest BCUT2D eigenvalue weighted by atomic mass is 16.1. The summed E-state index contributed by atoms with van der Waals surface area (Å²) >= 11 is 0. The second-order valence-electron chi connectivity index (χ2n) is 4.46. The number of hydrogen-bond acceptors (Lipinski definition) is 1. The minimum absolute atomic E-state index is 0.242. The van der Waals surface area contributed by atoms with E-state index in [-0.39, 0.29) is 5.41 Å². The molecule has 2 unspecified atom stereocenters. The van der Waals surface area contributed by atoms with Gasteiger partial charge in [0.05, 0.1) is 0 Å². The Morgan fingerprint density at radius 2 is 1.91 bits per heavy atom. The molecule has 1 fully saturated rings. The van der Waals surface area contributed by atoms with Crippen LogP contribution in [0.4, 0.5) is 0 Å². The molecule has 0 aromatic carbocycles. The topological polar surface area (TPSA) is 17.1 Å². The van der Waals surface area contributed by atoms with Crippen LogP contribution in [0.1, 0.15) is 40.5 Å². The molecule has 0 amide bonds. The van der Waals surface area contributed by atoms with Gasteiger partial charge in [-0.2, -0.15) is 0 Å². The highest BCUT2D eigenvalue weighted by Crippen LogP contribution is 2.47. The fraction of sp³-hybridized carbons (Fsp3) is 0.900. The van der Waals surface area contributed by atoms with E-state index in [9.17, 15) is 4.79 Å². The van der Waals surface area contributed by atoms with E-state index < -0.39 is 0 Å². The summed E-state index contributed by atoms with van der Waals surface area (Å²) in [6.07, 6.45) is 2.32. The molecule has 0 bridgehead atoms. The molecule has 1 rings (SSSR count). The van der Waals surface area contributed by atoms with Crippen LogP contribution in [0.15, 0.2) is 0 Å². The number of ketones is 1. The number of carbonyl (C=O) groups excluding carboxylic acids is 1. The predicted molar refractivity (Wildman–Crippen MR) is 46.4 cm³/mol. The van der Waals surface area contributed by atoms with Gasteiger partial charge in [0.1, 0.15) is 5.78 Å². The summed E-state index contributed by atoms with van der Waals surface area (Å²) in [4.78, 5) is 11.2. The van der Waals surface area contributed by atoms with Gasteiger partial charge in [-0.05, 0) is 31.1 Å². The fourth-order valence-electron chi connectivity index (χ4n) is 2.23. The summed E-state index contributed by atoms with van der Waals surface area (Å²) in [6, 6.07) is 0. The Hall–Kier alpha value is -0.330. The lowest BCUT2D eigenvalue weighted by molar-refractivity contribution is -0.123. The number of rotatable bonds is 1. The molecule has 1 nitrogen and oxygen atoms in total. The van der Waals surface area contributed by atoms with Crippen LogP contribution in [-0.4, -0.2) is 5.78 Å². The van der Waals surface area contributed by atoms with Crippen LogP contribution >= 0.6 is 0 Å². The molecule has 1 aliphatic carbocycles. The Morgan fingerprint density at radius 1 is 1.36 bits per heavy atom. The summed E-state index contributed by atoms with van der Waals surface area (Å²) in [7, 11) is 0. The van der Waals surface area contributed by atoms with Gasteiger partial charge in [0.25, 0.3) is 0 Å². The molecule has 0 radical (unpaired) electrons. The first-order valence-electron chi connectivity index (χ1n) is 4.46. The third kappa shape index (κ3) is 1.33. The van der Waals surface area contributed by atoms with Crippen molar-refractivity contribution in [2.45, 2.75) is 40.5 Å². The molecule has 2 atom stereocenters. The minimum Gasteiger partial charge on any atom is -0.300 e. The molecule has 0 N–H and O–H groups in total. The van der Waals surface area contributed by atoms with E-state index in [0.717, 1.165) is 6.42 Å². The van der Waals surface area contributed by atoms with Crippen molar-refractivity contribution in [2.75, 3.05) is 0 Å². The SMILES string of the molecule is CC(=O)C1CCC(C)C1(C)C. The summed E-state index contributed by atoms with van der Waals surface area (Å²) < 4.78 is 0. The van der Waals surface area contributed by atoms with Crippen molar-refractivity contribution in [1.29, 1.82) is 0 Å². The summed E-state index contributed by atoms with van der Waals surface area (Å²) in [5, 5.41) is 0. The molecular formula is C10H18O. The van der Waals surface area contributed by atoms with Crippen molar-refractivity contribution >= 4 is 5.78 Å². The standard InChI is InChI=1S/C10H18O/c1-7-5-6-9(8(2)11)10(7,3)4/h7,9H,5-6H2,1-4H3. The molecule has 1 saturated carbocycles.